The number of carbonyl (C=O) groups is 1. The summed E-state index contributed by atoms with van der Waals surface area (Å²) in [5, 5.41) is 3.88. The van der Waals surface area contributed by atoms with Crippen molar-refractivity contribution in [2.45, 2.75) is 20.8 Å². The fourth-order valence-corrected chi connectivity index (χ4v) is 2.76. The number of furan rings is 1. The zero-order valence-corrected chi connectivity index (χ0v) is 14.2. The first-order valence-electron chi connectivity index (χ1n) is 8.13. The number of nitrogens with one attached hydrogen (secondary N) is 1. The predicted octanol–water partition coefficient (Wildman–Crippen LogP) is 4.23. The van der Waals surface area contributed by atoms with Gasteiger partial charge in [-0.3, -0.25) is 4.79 Å². The van der Waals surface area contributed by atoms with Gasteiger partial charge in [-0.1, -0.05) is 0 Å². The Morgan fingerprint density at radius 3 is 2.67 bits per heavy atom. The van der Waals surface area contributed by atoms with Crippen molar-refractivity contribution >= 4 is 28.3 Å². The fourth-order valence-electron chi connectivity index (χ4n) is 2.76. The van der Waals surface area contributed by atoms with Crippen molar-refractivity contribution in [3.05, 3.63) is 54.0 Å². The third kappa shape index (κ3) is 3.11. The molecule has 0 aliphatic rings. The van der Waals surface area contributed by atoms with Crippen LogP contribution < -0.4 is 10.2 Å². The van der Waals surface area contributed by atoms with E-state index in [4.69, 9.17) is 9.40 Å². The van der Waals surface area contributed by atoms with Gasteiger partial charge >= 0.3 is 0 Å². The second-order valence-electron chi connectivity index (χ2n) is 5.63. The van der Waals surface area contributed by atoms with Crippen molar-refractivity contribution in [3.63, 3.8) is 0 Å². The van der Waals surface area contributed by atoms with Crippen LogP contribution in [-0.4, -0.2) is 24.0 Å². The lowest BCUT2D eigenvalue weighted by Gasteiger charge is -2.21. The van der Waals surface area contributed by atoms with Crippen molar-refractivity contribution in [3.8, 4) is 0 Å². The van der Waals surface area contributed by atoms with Crippen LogP contribution in [0.1, 0.15) is 30.0 Å². The second-order valence-corrected chi connectivity index (χ2v) is 5.63. The van der Waals surface area contributed by atoms with Gasteiger partial charge in [0.25, 0.3) is 5.91 Å². The average molecular weight is 323 g/mol. The summed E-state index contributed by atoms with van der Waals surface area (Å²) in [7, 11) is 0. The summed E-state index contributed by atoms with van der Waals surface area (Å²) in [5.41, 5.74) is 2.79. The molecule has 2 aromatic heterocycles. The van der Waals surface area contributed by atoms with Crippen molar-refractivity contribution in [2.24, 2.45) is 0 Å². The van der Waals surface area contributed by atoms with Crippen LogP contribution in [0.3, 0.4) is 0 Å². The highest BCUT2D eigenvalue weighted by Gasteiger charge is 2.11. The number of amides is 1. The van der Waals surface area contributed by atoms with Crippen molar-refractivity contribution in [1.82, 2.24) is 4.98 Å². The summed E-state index contributed by atoms with van der Waals surface area (Å²) in [6.07, 6.45) is 1.48. The van der Waals surface area contributed by atoms with E-state index in [1.807, 2.05) is 18.2 Å². The number of pyridine rings is 1. The van der Waals surface area contributed by atoms with E-state index in [1.165, 1.54) is 6.26 Å². The molecule has 0 unspecified atom stereocenters. The molecule has 5 heteroatoms. The van der Waals surface area contributed by atoms with E-state index in [0.717, 1.165) is 41.1 Å². The lowest BCUT2D eigenvalue weighted by Crippen LogP contribution is -2.23. The van der Waals surface area contributed by atoms with E-state index in [-0.39, 0.29) is 5.91 Å². The van der Waals surface area contributed by atoms with E-state index >= 15 is 0 Å². The summed E-state index contributed by atoms with van der Waals surface area (Å²) >= 11 is 0. The van der Waals surface area contributed by atoms with Crippen LogP contribution in [0.15, 0.2) is 47.1 Å². The number of rotatable bonds is 5. The minimum absolute atomic E-state index is 0.260. The molecule has 0 radical (unpaired) electrons. The molecule has 3 aromatic rings. The van der Waals surface area contributed by atoms with Gasteiger partial charge in [-0.15, -0.1) is 0 Å². The zero-order chi connectivity index (χ0) is 17.1. The number of anilines is 2. The van der Waals surface area contributed by atoms with Crippen LogP contribution in [0.5, 0.6) is 0 Å². The first kappa shape index (κ1) is 16.1. The van der Waals surface area contributed by atoms with Gasteiger partial charge in [0, 0.05) is 24.2 Å². The van der Waals surface area contributed by atoms with E-state index in [1.54, 1.807) is 12.1 Å². The molecule has 5 nitrogen and oxygen atoms in total. The minimum Gasteiger partial charge on any atom is -0.459 e. The third-order valence-corrected chi connectivity index (χ3v) is 4.09. The lowest BCUT2D eigenvalue weighted by molar-refractivity contribution is 0.0996. The number of fused-ring (bicyclic) bond motifs is 1. The number of nitrogens with zero attached hydrogens (tertiary/aromatic N) is 2. The van der Waals surface area contributed by atoms with Gasteiger partial charge in [-0.05, 0) is 62.7 Å². The molecule has 0 spiro atoms. The number of aromatic nitrogens is 1. The summed E-state index contributed by atoms with van der Waals surface area (Å²) in [6, 6.07) is 11.2. The van der Waals surface area contributed by atoms with Gasteiger partial charge in [0.1, 0.15) is 5.82 Å². The number of aryl methyl sites for hydroxylation is 1. The molecule has 2 heterocycles. The summed E-state index contributed by atoms with van der Waals surface area (Å²) in [5.74, 6) is 1.02. The van der Waals surface area contributed by atoms with E-state index in [9.17, 15) is 4.79 Å². The van der Waals surface area contributed by atoms with Gasteiger partial charge in [-0.2, -0.15) is 0 Å². The van der Waals surface area contributed by atoms with Crippen LogP contribution >= 0.6 is 0 Å². The van der Waals surface area contributed by atoms with E-state index in [2.05, 4.69) is 37.1 Å². The van der Waals surface area contributed by atoms with Crippen molar-refractivity contribution in [1.29, 1.82) is 0 Å². The molecule has 24 heavy (non-hydrogen) atoms. The van der Waals surface area contributed by atoms with E-state index < -0.39 is 0 Å². The molecular formula is C19H21N3O2. The number of carbonyl (C=O) groups excluding carboxylic acids is 1. The smallest absolute Gasteiger partial charge is 0.291 e. The van der Waals surface area contributed by atoms with Gasteiger partial charge in [0.2, 0.25) is 0 Å². The topological polar surface area (TPSA) is 58.4 Å². The second kappa shape index (κ2) is 6.74. The standard InChI is InChI=1S/C19H21N3O2/c1-4-22(5-2)18-11-13(3)15-12-14(8-9-16(15)21-18)20-19(23)17-7-6-10-24-17/h6-12H,4-5H2,1-3H3,(H,20,23). The van der Waals surface area contributed by atoms with Crippen molar-refractivity contribution < 1.29 is 9.21 Å². The molecule has 124 valence electrons. The van der Waals surface area contributed by atoms with Crippen molar-refractivity contribution in [2.75, 3.05) is 23.3 Å². The quantitative estimate of drug-likeness (QED) is 0.763. The van der Waals surface area contributed by atoms with Gasteiger partial charge < -0.3 is 14.6 Å². The van der Waals surface area contributed by atoms with Crippen LogP contribution in [0, 0.1) is 6.92 Å². The Balaban J connectivity index is 1.92. The molecule has 1 N–H and O–H groups in total. The van der Waals surface area contributed by atoms with Crippen LogP contribution in [-0.2, 0) is 0 Å². The fraction of sp³-hybridized carbons (Fsp3) is 0.263. The number of hydrogen-bond donors (Lipinski definition) is 1. The lowest BCUT2D eigenvalue weighted by atomic mass is 10.1. The van der Waals surface area contributed by atoms with E-state index in [0.29, 0.717) is 5.76 Å². The molecule has 1 amide bonds. The zero-order valence-electron chi connectivity index (χ0n) is 14.2. The average Bonchev–Trinajstić information content (AvgIpc) is 3.11. The van der Waals surface area contributed by atoms with Crippen LogP contribution in [0.2, 0.25) is 0 Å². The molecule has 0 atom stereocenters. The van der Waals surface area contributed by atoms with Gasteiger partial charge in [0.15, 0.2) is 5.76 Å². The molecule has 0 saturated carbocycles. The Labute approximate surface area is 141 Å². The SMILES string of the molecule is CCN(CC)c1cc(C)c2cc(NC(=O)c3ccco3)ccc2n1. The Hall–Kier alpha value is -2.82. The van der Waals surface area contributed by atoms with Gasteiger partial charge in [0.05, 0.1) is 11.8 Å². The van der Waals surface area contributed by atoms with Gasteiger partial charge in [-0.25, -0.2) is 4.98 Å². The van der Waals surface area contributed by atoms with Crippen LogP contribution in [0.25, 0.3) is 10.9 Å². The number of benzene rings is 1. The monoisotopic (exact) mass is 323 g/mol. The molecule has 0 saturated heterocycles. The predicted molar refractivity (Wildman–Crippen MR) is 96.7 cm³/mol. The molecule has 1 aromatic carbocycles. The maximum Gasteiger partial charge on any atom is 0.291 e. The normalized spacial score (nSPS) is 10.8. The Bertz CT molecular complexity index is 852. The summed E-state index contributed by atoms with van der Waals surface area (Å²) in [6.45, 7) is 8.16. The molecular weight excluding hydrogens is 302 g/mol. The first-order chi connectivity index (χ1) is 11.6. The highest BCUT2D eigenvalue weighted by Crippen LogP contribution is 2.25. The molecule has 0 aliphatic heterocycles. The highest BCUT2D eigenvalue weighted by atomic mass is 16.3. The highest BCUT2D eigenvalue weighted by molar-refractivity contribution is 6.03. The molecule has 3 rings (SSSR count). The summed E-state index contributed by atoms with van der Waals surface area (Å²) in [4.78, 5) is 19.1. The Morgan fingerprint density at radius 2 is 2.00 bits per heavy atom. The first-order valence-corrected chi connectivity index (χ1v) is 8.13. The molecule has 0 bridgehead atoms. The maximum absolute atomic E-state index is 12.1. The summed E-state index contributed by atoms with van der Waals surface area (Å²) < 4.78 is 5.12. The Morgan fingerprint density at radius 1 is 1.21 bits per heavy atom. The molecule has 0 aliphatic carbocycles. The maximum atomic E-state index is 12.1. The Kier molecular flexibility index (Phi) is 4.51. The minimum atomic E-state index is -0.260. The molecule has 0 fully saturated rings. The number of hydrogen-bond acceptors (Lipinski definition) is 4. The third-order valence-electron chi connectivity index (χ3n) is 4.09. The largest absolute Gasteiger partial charge is 0.459 e. The van der Waals surface area contributed by atoms with Crippen LogP contribution in [0.4, 0.5) is 11.5 Å².